The summed E-state index contributed by atoms with van der Waals surface area (Å²) in [5.74, 6) is 0.652. The van der Waals surface area contributed by atoms with Crippen LogP contribution in [0.5, 0.6) is 5.75 Å². The lowest BCUT2D eigenvalue weighted by Crippen LogP contribution is -2.21. The van der Waals surface area contributed by atoms with E-state index in [9.17, 15) is 13.7 Å². The summed E-state index contributed by atoms with van der Waals surface area (Å²) >= 11 is 12.1. The van der Waals surface area contributed by atoms with Gasteiger partial charge in [0.2, 0.25) is 10.0 Å². The van der Waals surface area contributed by atoms with Gasteiger partial charge in [-0.05, 0) is 34.9 Å². The maximum absolute atomic E-state index is 11.2. The van der Waals surface area contributed by atoms with E-state index in [2.05, 4.69) is 29.6 Å². The van der Waals surface area contributed by atoms with Gasteiger partial charge in [-0.25, -0.2) is 13.1 Å². The number of nitriles is 1. The second-order valence-corrected chi connectivity index (χ2v) is 10.9. The molecule has 0 radical (unpaired) electrons. The molecule has 2 aromatic carbocycles. The van der Waals surface area contributed by atoms with Crippen molar-refractivity contribution in [2.24, 2.45) is 0 Å². The Balaban J connectivity index is 1.83. The molecule has 3 aromatic rings. The summed E-state index contributed by atoms with van der Waals surface area (Å²) in [4.78, 5) is 4.34. The zero-order valence-electron chi connectivity index (χ0n) is 19.1. The van der Waals surface area contributed by atoms with Crippen molar-refractivity contribution in [1.29, 1.82) is 5.26 Å². The first-order chi connectivity index (χ1) is 16.0. The minimum atomic E-state index is -3.27. The average Bonchev–Trinajstić information content (AvgIpc) is 2.81. The van der Waals surface area contributed by atoms with Crippen molar-refractivity contribution in [2.75, 3.05) is 18.7 Å². The molecular weight excluding hydrogens is 493 g/mol. The first kappa shape index (κ1) is 26.0. The number of benzene rings is 2. The van der Waals surface area contributed by atoms with E-state index in [1.165, 1.54) is 0 Å². The Morgan fingerprint density at radius 1 is 1.09 bits per heavy atom. The van der Waals surface area contributed by atoms with Crippen molar-refractivity contribution < 1.29 is 13.2 Å². The van der Waals surface area contributed by atoms with E-state index in [-0.39, 0.29) is 13.2 Å². The van der Waals surface area contributed by atoms with E-state index >= 15 is 0 Å². The van der Waals surface area contributed by atoms with Crippen molar-refractivity contribution in [3.8, 4) is 22.9 Å². The minimum absolute atomic E-state index is 0.148. The van der Waals surface area contributed by atoms with Gasteiger partial charge in [-0.2, -0.15) is 5.26 Å². The summed E-state index contributed by atoms with van der Waals surface area (Å²) in [7, 11) is -3.27. The molecule has 3 rings (SSSR count). The SMILES string of the molecule is CC(C)(c1ccc(-c2ccc(CNS(C)(=O)=O)nc2)cc1)c1cc(Cl)c(OCCCl)c(C#N)c1. The first-order valence-corrected chi connectivity index (χ1v) is 13.3. The lowest BCUT2D eigenvalue weighted by Gasteiger charge is -2.27. The number of hydrogen-bond acceptors (Lipinski definition) is 5. The van der Waals surface area contributed by atoms with E-state index in [1.807, 2.05) is 36.4 Å². The molecule has 0 saturated heterocycles. The van der Waals surface area contributed by atoms with Crippen LogP contribution < -0.4 is 9.46 Å². The predicted octanol–water partition coefficient (Wildman–Crippen LogP) is 5.27. The van der Waals surface area contributed by atoms with Crippen LogP contribution in [0.4, 0.5) is 0 Å². The molecule has 0 bridgehead atoms. The van der Waals surface area contributed by atoms with Gasteiger partial charge in [0.15, 0.2) is 5.75 Å². The highest BCUT2D eigenvalue weighted by Crippen LogP contribution is 2.38. The Bertz CT molecular complexity index is 1300. The fourth-order valence-electron chi connectivity index (χ4n) is 3.48. The molecule has 6 nitrogen and oxygen atoms in total. The van der Waals surface area contributed by atoms with Crippen molar-refractivity contribution in [2.45, 2.75) is 25.8 Å². The second-order valence-electron chi connectivity index (χ2n) is 8.32. The quantitative estimate of drug-likeness (QED) is 0.390. The fraction of sp³-hybridized carbons (Fsp3) is 0.280. The van der Waals surface area contributed by atoms with Crippen LogP contribution in [0.2, 0.25) is 5.02 Å². The number of pyridine rings is 1. The average molecular weight is 518 g/mol. The highest BCUT2D eigenvalue weighted by Gasteiger charge is 2.26. The van der Waals surface area contributed by atoms with Crippen LogP contribution in [0.3, 0.4) is 0 Å². The molecular formula is C25H25Cl2N3O3S. The Morgan fingerprint density at radius 2 is 1.76 bits per heavy atom. The zero-order chi connectivity index (χ0) is 24.9. The van der Waals surface area contributed by atoms with E-state index in [1.54, 1.807) is 18.3 Å². The number of alkyl halides is 1. The summed E-state index contributed by atoms with van der Waals surface area (Å²) < 4.78 is 30.5. The van der Waals surface area contributed by atoms with Gasteiger partial charge in [-0.15, -0.1) is 11.6 Å². The predicted molar refractivity (Wildman–Crippen MR) is 136 cm³/mol. The van der Waals surface area contributed by atoms with E-state index in [0.717, 1.165) is 28.5 Å². The maximum atomic E-state index is 11.2. The zero-order valence-corrected chi connectivity index (χ0v) is 21.4. The second kappa shape index (κ2) is 10.7. The largest absolute Gasteiger partial charge is 0.489 e. The number of hydrogen-bond donors (Lipinski definition) is 1. The van der Waals surface area contributed by atoms with Crippen LogP contribution in [0.1, 0.15) is 36.2 Å². The Kier molecular flexibility index (Phi) is 8.21. The van der Waals surface area contributed by atoms with E-state index in [4.69, 9.17) is 27.9 Å². The van der Waals surface area contributed by atoms with Gasteiger partial charge in [0.25, 0.3) is 0 Å². The van der Waals surface area contributed by atoms with Crippen molar-refractivity contribution in [3.63, 3.8) is 0 Å². The molecule has 1 heterocycles. The number of ether oxygens (including phenoxy) is 1. The van der Waals surface area contributed by atoms with E-state index in [0.29, 0.717) is 27.9 Å². The normalized spacial score (nSPS) is 11.8. The minimum Gasteiger partial charge on any atom is -0.489 e. The van der Waals surface area contributed by atoms with Crippen LogP contribution in [-0.4, -0.2) is 32.1 Å². The summed E-state index contributed by atoms with van der Waals surface area (Å²) in [6.07, 6.45) is 2.83. The van der Waals surface area contributed by atoms with Crippen molar-refractivity contribution in [3.05, 3.63) is 82.1 Å². The van der Waals surface area contributed by atoms with Crippen LogP contribution in [0, 0.1) is 11.3 Å². The van der Waals surface area contributed by atoms with Gasteiger partial charge in [0.05, 0.1) is 35.0 Å². The summed E-state index contributed by atoms with van der Waals surface area (Å²) in [5.41, 5.74) is 4.43. The maximum Gasteiger partial charge on any atom is 0.209 e. The van der Waals surface area contributed by atoms with Crippen LogP contribution in [0.25, 0.3) is 11.1 Å². The molecule has 0 fully saturated rings. The van der Waals surface area contributed by atoms with E-state index < -0.39 is 15.4 Å². The lowest BCUT2D eigenvalue weighted by molar-refractivity contribution is 0.341. The Hall–Kier alpha value is -2.63. The summed E-state index contributed by atoms with van der Waals surface area (Å²) in [6, 6.07) is 17.6. The number of nitrogens with zero attached hydrogens (tertiary/aromatic N) is 2. The summed E-state index contributed by atoms with van der Waals surface area (Å²) in [5, 5.41) is 9.97. The number of halogens is 2. The third-order valence-corrected chi connectivity index (χ3v) is 6.59. The van der Waals surface area contributed by atoms with Gasteiger partial charge >= 0.3 is 0 Å². The molecule has 34 heavy (non-hydrogen) atoms. The fourth-order valence-corrected chi connectivity index (χ4v) is 4.24. The van der Waals surface area contributed by atoms with Gasteiger partial charge < -0.3 is 4.74 Å². The molecule has 1 N–H and O–H groups in total. The van der Waals surface area contributed by atoms with Crippen LogP contribution in [0.15, 0.2) is 54.7 Å². The molecule has 0 aliphatic heterocycles. The third-order valence-electron chi connectivity index (χ3n) is 5.49. The van der Waals surface area contributed by atoms with Crippen molar-refractivity contribution in [1.82, 2.24) is 9.71 Å². The lowest BCUT2D eigenvalue weighted by atomic mass is 9.77. The molecule has 0 aliphatic rings. The third kappa shape index (κ3) is 6.28. The van der Waals surface area contributed by atoms with Gasteiger partial charge in [-0.3, -0.25) is 4.98 Å². The molecule has 178 valence electrons. The first-order valence-electron chi connectivity index (χ1n) is 10.5. The molecule has 9 heteroatoms. The molecule has 0 saturated carbocycles. The highest BCUT2D eigenvalue weighted by atomic mass is 35.5. The number of sulfonamides is 1. The molecule has 0 aliphatic carbocycles. The monoisotopic (exact) mass is 517 g/mol. The molecule has 0 amide bonds. The van der Waals surface area contributed by atoms with Gasteiger partial charge in [0, 0.05) is 17.2 Å². The number of aromatic nitrogens is 1. The standard InChI is InChI=1S/C25H25Cl2N3O3S/c1-25(2,21-12-19(14-28)24(23(27)13-21)33-11-10-26)20-7-4-17(5-8-20)18-6-9-22(29-15-18)16-30-34(3,31)32/h4-9,12-13,15,30H,10-11,16H2,1-3H3. The van der Waals surface area contributed by atoms with Crippen molar-refractivity contribution >= 4 is 33.2 Å². The Labute approximate surface area is 210 Å². The molecule has 0 spiro atoms. The van der Waals surface area contributed by atoms with Gasteiger partial charge in [0.1, 0.15) is 12.7 Å². The topological polar surface area (TPSA) is 92.1 Å². The Morgan fingerprint density at radius 3 is 2.32 bits per heavy atom. The molecule has 1 aromatic heterocycles. The van der Waals surface area contributed by atoms with Crippen LogP contribution >= 0.6 is 23.2 Å². The number of nitrogens with one attached hydrogen (secondary N) is 1. The number of rotatable bonds is 9. The smallest absolute Gasteiger partial charge is 0.209 e. The van der Waals surface area contributed by atoms with Gasteiger partial charge in [-0.1, -0.05) is 55.8 Å². The molecule has 0 atom stereocenters. The molecule has 0 unspecified atom stereocenters. The summed E-state index contributed by atoms with van der Waals surface area (Å²) in [6.45, 7) is 4.55. The highest BCUT2D eigenvalue weighted by molar-refractivity contribution is 7.88. The van der Waals surface area contributed by atoms with Crippen LogP contribution in [-0.2, 0) is 22.0 Å².